The molecule has 0 saturated heterocycles. The molecule has 5 nitrogen and oxygen atoms in total. The van der Waals surface area contributed by atoms with E-state index >= 15 is 0 Å². The monoisotopic (exact) mass is 244 g/mol. The summed E-state index contributed by atoms with van der Waals surface area (Å²) in [6, 6.07) is 5.78. The number of carbonyl (C=O) groups is 1. The normalized spacial score (nSPS) is 13.4. The van der Waals surface area contributed by atoms with Crippen LogP contribution in [-0.2, 0) is 20.4 Å². The molecular formula is C10H12O5S. The predicted molar refractivity (Wildman–Crippen MR) is 57.6 cm³/mol. The van der Waals surface area contributed by atoms with Gasteiger partial charge >= 0.3 is 5.97 Å². The van der Waals surface area contributed by atoms with Crippen LogP contribution in [-0.4, -0.2) is 30.9 Å². The van der Waals surface area contributed by atoms with Crippen molar-refractivity contribution in [2.75, 3.05) is 6.26 Å². The number of hydrogen-bond acceptors (Lipinski definition) is 4. The van der Waals surface area contributed by atoms with Gasteiger partial charge in [0.2, 0.25) is 0 Å². The summed E-state index contributed by atoms with van der Waals surface area (Å²) in [7, 11) is -3.11. The topological polar surface area (TPSA) is 91.7 Å². The van der Waals surface area contributed by atoms with Crippen LogP contribution in [0.15, 0.2) is 24.3 Å². The molecule has 88 valence electrons. The van der Waals surface area contributed by atoms with E-state index in [2.05, 4.69) is 0 Å². The van der Waals surface area contributed by atoms with Gasteiger partial charge in [-0.1, -0.05) is 24.3 Å². The number of rotatable bonds is 4. The lowest BCUT2D eigenvalue weighted by molar-refractivity contribution is -0.146. The molecule has 0 amide bonds. The molecule has 1 aromatic carbocycles. The van der Waals surface area contributed by atoms with Gasteiger partial charge < -0.3 is 10.2 Å². The average Bonchev–Trinajstić information content (AvgIpc) is 2.15. The maximum atomic E-state index is 11.0. The molecule has 0 spiro atoms. The SMILES string of the molecule is CS(=O)(=O)Cc1ccc(C(O)C(=O)O)cc1. The first kappa shape index (κ1) is 12.7. The summed E-state index contributed by atoms with van der Waals surface area (Å²) in [5.74, 6) is -1.44. The van der Waals surface area contributed by atoms with Crippen molar-refractivity contribution in [1.82, 2.24) is 0 Å². The summed E-state index contributed by atoms with van der Waals surface area (Å²) in [6.07, 6.45) is -0.459. The first-order valence-electron chi connectivity index (χ1n) is 4.47. The van der Waals surface area contributed by atoms with Gasteiger partial charge in [0.25, 0.3) is 0 Å². The van der Waals surface area contributed by atoms with Crippen LogP contribution >= 0.6 is 0 Å². The number of aliphatic hydroxyl groups excluding tert-OH is 1. The molecule has 2 N–H and O–H groups in total. The van der Waals surface area contributed by atoms with Crippen molar-refractivity contribution in [2.45, 2.75) is 11.9 Å². The number of benzene rings is 1. The lowest BCUT2D eigenvalue weighted by Crippen LogP contribution is -2.10. The molecule has 0 radical (unpaired) electrons. The van der Waals surface area contributed by atoms with Crippen molar-refractivity contribution < 1.29 is 23.4 Å². The van der Waals surface area contributed by atoms with Crippen molar-refractivity contribution in [3.63, 3.8) is 0 Å². The number of aliphatic hydroxyl groups is 1. The summed E-state index contributed by atoms with van der Waals surface area (Å²) >= 11 is 0. The third-order valence-electron chi connectivity index (χ3n) is 1.96. The molecule has 1 aromatic rings. The second kappa shape index (κ2) is 4.63. The Morgan fingerprint density at radius 1 is 1.31 bits per heavy atom. The maximum absolute atomic E-state index is 11.0. The molecule has 0 bridgehead atoms. The van der Waals surface area contributed by atoms with Crippen LogP contribution in [0.25, 0.3) is 0 Å². The van der Waals surface area contributed by atoms with Crippen molar-refractivity contribution >= 4 is 15.8 Å². The van der Waals surface area contributed by atoms with Crippen LogP contribution in [0.4, 0.5) is 0 Å². The van der Waals surface area contributed by atoms with Gasteiger partial charge in [-0.2, -0.15) is 0 Å². The third kappa shape index (κ3) is 3.63. The molecular weight excluding hydrogens is 232 g/mol. The lowest BCUT2D eigenvalue weighted by Gasteiger charge is -2.06. The van der Waals surface area contributed by atoms with Gasteiger partial charge in [-0.05, 0) is 11.1 Å². The Kier molecular flexibility index (Phi) is 3.66. The molecule has 6 heteroatoms. The van der Waals surface area contributed by atoms with Gasteiger partial charge in [0, 0.05) is 6.26 Å². The van der Waals surface area contributed by atoms with E-state index in [1.165, 1.54) is 24.3 Å². The molecule has 0 aromatic heterocycles. The largest absolute Gasteiger partial charge is 0.479 e. The Balaban J connectivity index is 2.87. The number of aliphatic carboxylic acids is 1. The third-order valence-corrected chi connectivity index (χ3v) is 2.82. The Bertz CT molecular complexity index is 474. The molecule has 1 atom stereocenters. The van der Waals surface area contributed by atoms with Gasteiger partial charge in [-0.25, -0.2) is 13.2 Å². The Morgan fingerprint density at radius 2 is 1.81 bits per heavy atom. The fraction of sp³-hybridized carbons (Fsp3) is 0.300. The number of hydrogen-bond donors (Lipinski definition) is 2. The summed E-state index contributed by atoms with van der Waals surface area (Å²) in [5, 5.41) is 17.7. The van der Waals surface area contributed by atoms with Crippen molar-refractivity contribution in [3.05, 3.63) is 35.4 Å². The van der Waals surface area contributed by atoms with Gasteiger partial charge in [0.1, 0.15) is 0 Å². The average molecular weight is 244 g/mol. The number of sulfone groups is 1. The lowest BCUT2D eigenvalue weighted by atomic mass is 10.1. The summed E-state index contributed by atoms with van der Waals surface area (Å²) in [6.45, 7) is 0. The number of carboxylic acid groups (broad SMARTS) is 1. The van der Waals surface area contributed by atoms with E-state index in [0.29, 0.717) is 5.56 Å². The highest BCUT2D eigenvalue weighted by molar-refractivity contribution is 7.89. The molecule has 0 aliphatic heterocycles. The van der Waals surface area contributed by atoms with Crippen LogP contribution in [0.1, 0.15) is 17.2 Å². The van der Waals surface area contributed by atoms with Gasteiger partial charge in [-0.15, -0.1) is 0 Å². The maximum Gasteiger partial charge on any atom is 0.337 e. The van der Waals surface area contributed by atoms with Crippen LogP contribution in [0.2, 0.25) is 0 Å². The molecule has 0 heterocycles. The van der Waals surface area contributed by atoms with Gasteiger partial charge in [0.15, 0.2) is 15.9 Å². The van der Waals surface area contributed by atoms with Crippen molar-refractivity contribution in [1.29, 1.82) is 0 Å². The Morgan fingerprint density at radius 3 is 2.19 bits per heavy atom. The zero-order valence-electron chi connectivity index (χ0n) is 8.62. The quantitative estimate of drug-likeness (QED) is 0.797. The minimum atomic E-state index is -3.11. The van der Waals surface area contributed by atoms with E-state index in [1.807, 2.05) is 0 Å². The number of carboxylic acids is 1. The van der Waals surface area contributed by atoms with E-state index in [1.54, 1.807) is 0 Å². The van der Waals surface area contributed by atoms with E-state index in [0.717, 1.165) is 6.26 Å². The van der Waals surface area contributed by atoms with E-state index < -0.39 is 21.9 Å². The first-order valence-corrected chi connectivity index (χ1v) is 6.53. The zero-order chi connectivity index (χ0) is 12.3. The highest BCUT2D eigenvalue weighted by atomic mass is 32.2. The summed E-state index contributed by atoms with van der Waals surface area (Å²) < 4.78 is 22.0. The van der Waals surface area contributed by atoms with Gasteiger partial charge in [-0.3, -0.25) is 0 Å². The minimum absolute atomic E-state index is 0.101. The fourth-order valence-electron chi connectivity index (χ4n) is 1.24. The molecule has 0 fully saturated rings. The van der Waals surface area contributed by atoms with Crippen LogP contribution in [0.5, 0.6) is 0 Å². The second-order valence-corrected chi connectivity index (χ2v) is 5.69. The summed E-state index contributed by atoms with van der Waals surface area (Å²) in [4.78, 5) is 10.5. The van der Waals surface area contributed by atoms with Crippen molar-refractivity contribution in [3.8, 4) is 0 Å². The molecule has 0 saturated carbocycles. The predicted octanol–water partition coefficient (Wildman–Crippen LogP) is 0.349. The first-order chi connectivity index (χ1) is 7.29. The molecule has 0 aliphatic rings. The highest BCUT2D eigenvalue weighted by Crippen LogP contribution is 2.15. The second-order valence-electron chi connectivity index (χ2n) is 3.55. The Labute approximate surface area is 93.3 Å². The Hall–Kier alpha value is -1.40. The minimum Gasteiger partial charge on any atom is -0.479 e. The van der Waals surface area contributed by atoms with Crippen molar-refractivity contribution in [2.24, 2.45) is 0 Å². The van der Waals surface area contributed by atoms with E-state index in [4.69, 9.17) is 5.11 Å². The zero-order valence-corrected chi connectivity index (χ0v) is 9.44. The fourth-order valence-corrected chi connectivity index (χ4v) is 2.04. The standard InChI is InChI=1S/C10H12O5S/c1-16(14,15)6-7-2-4-8(5-3-7)9(11)10(12)13/h2-5,9,11H,6H2,1H3,(H,12,13). The molecule has 16 heavy (non-hydrogen) atoms. The van der Waals surface area contributed by atoms with E-state index in [-0.39, 0.29) is 11.3 Å². The molecule has 1 unspecified atom stereocenters. The molecule has 0 aliphatic carbocycles. The van der Waals surface area contributed by atoms with Crippen LogP contribution < -0.4 is 0 Å². The molecule has 1 rings (SSSR count). The highest BCUT2D eigenvalue weighted by Gasteiger charge is 2.15. The smallest absolute Gasteiger partial charge is 0.337 e. The van der Waals surface area contributed by atoms with E-state index in [9.17, 15) is 18.3 Å². The van der Waals surface area contributed by atoms with Crippen LogP contribution in [0.3, 0.4) is 0 Å². The van der Waals surface area contributed by atoms with Gasteiger partial charge in [0.05, 0.1) is 5.75 Å². The summed E-state index contributed by atoms with van der Waals surface area (Å²) in [5.41, 5.74) is 0.786. The van der Waals surface area contributed by atoms with Crippen LogP contribution in [0, 0.1) is 0 Å².